The Kier molecular flexibility index (Phi) is 4.65. The van der Waals surface area contributed by atoms with Crippen LogP contribution in [0.4, 0.5) is 16.2 Å². The van der Waals surface area contributed by atoms with Gasteiger partial charge in [0.05, 0.1) is 15.5 Å². The molecule has 2 aromatic rings. The van der Waals surface area contributed by atoms with Gasteiger partial charge in [-0.15, -0.1) is 0 Å². The summed E-state index contributed by atoms with van der Waals surface area (Å²) in [5.74, 6) is -0.371. The highest BCUT2D eigenvalue weighted by molar-refractivity contribution is 8.19. The number of non-ortho nitro benzene ring substituents is 1. The lowest BCUT2D eigenvalue weighted by Gasteiger charge is -2.16. The largest absolute Gasteiger partial charge is 0.298 e. The number of benzene rings is 2. The smallest absolute Gasteiger partial charge is 0.268 e. The maximum Gasteiger partial charge on any atom is 0.298 e. The number of hydrogen-bond donors (Lipinski definition) is 0. The number of rotatable bonds is 3. The molecule has 26 heavy (non-hydrogen) atoms. The van der Waals surface area contributed by atoms with Crippen molar-refractivity contribution in [2.45, 2.75) is 20.8 Å². The van der Waals surface area contributed by atoms with E-state index in [0.717, 1.165) is 22.9 Å². The molecular weight excluding hydrogens is 352 g/mol. The summed E-state index contributed by atoms with van der Waals surface area (Å²) < 4.78 is 0. The van der Waals surface area contributed by atoms with Gasteiger partial charge in [-0.1, -0.05) is 12.1 Å². The summed E-state index contributed by atoms with van der Waals surface area (Å²) >= 11 is 0.888. The molecule has 0 radical (unpaired) electrons. The van der Waals surface area contributed by atoms with Crippen LogP contribution in [0.25, 0.3) is 5.57 Å². The molecule has 0 bridgehead atoms. The quantitative estimate of drug-likeness (QED) is 0.440. The molecular formula is C19H16N2O4S. The third-order valence-electron chi connectivity index (χ3n) is 4.23. The van der Waals surface area contributed by atoms with Gasteiger partial charge in [0.2, 0.25) is 0 Å². The number of allylic oxidation sites excluding steroid dienone is 1. The number of imide groups is 1. The minimum atomic E-state index is -0.479. The fourth-order valence-corrected chi connectivity index (χ4v) is 3.63. The number of nitro benzene ring substituents is 1. The molecule has 0 spiro atoms. The Morgan fingerprint density at radius 1 is 1.08 bits per heavy atom. The number of thioether (sulfide) groups is 1. The zero-order valence-corrected chi connectivity index (χ0v) is 15.3. The summed E-state index contributed by atoms with van der Waals surface area (Å²) in [4.78, 5) is 37.2. The van der Waals surface area contributed by atoms with Crippen LogP contribution >= 0.6 is 11.8 Å². The van der Waals surface area contributed by atoms with Gasteiger partial charge < -0.3 is 0 Å². The number of amides is 2. The molecule has 7 heteroatoms. The number of nitro groups is 1. The number of carbonyl (C=O) groups excluding carboxylic acids is 2. The van der Waals surface area contributed by atoms with Gasteiger partial charge in [-0.25, -0.2) is 4.90 Å². The van der Waals surface area contributed by atoms with E-state index in [1.807, 2.05) is 32.0 Å². The minimum Gasteiger partial charge on any atom is -0.268 e. The van der Waals surface area contributed by atoms with Gasteiger partial charge in [-0.3, -0.25) is 19.7 Å². The number of anilines is 1. The Morgan fingerprint density at radius 2 is 1.73 bits per heavy atom. The van der Waals surface area contributed by atoms with E-state index >= 15 is 0 Å². The van der Waals surface area contributed by atoms with Crippen molar-refractivity contribution in [3.8, 4) is 0 Å². The van der Waals surface area contributed by atoms with E-state index < -0.39 is 4.92 Å². The van der Waals surface area contributed by atoms with E-state index in [0.29, 0.717) is 21.7 Å². The molecule has 0 aromatic heterocycles. The highest BCUT2D eigenvalue weighted by Crippen LogP contribution is 2.40. The first-order chi connectivity index (χ1) is 12.3. The van der Waals surface area contributed by atoms with Crippen molar-refractivity contribution in [1.82, 2.24) is 0 Å². The molecule has 6 nitrogen and oxygen atoms in total. The first-order valence-corrected chi connectivity index (χ1v) is 8.70. The molecule has 0 N–H and O–H groups in total. The summed E-state index contributed by atoms with van der Waals surface area (Å²) in [6, 6.07) is 11.5. The average Bonchev–Trinajstić information content (AvgIpc) is 2.91. The maximum atomic E-state index is 12.9. The standard InChI is InChI=1S/C19H16N2O4S/c1-11-4-5-12(2)16(10-11)20-18(22)17(26-19(20)23)13(3)14-6-8-15(9-7-14)21(24)25/h4-10H,1-3H3/b17-13-. The van der Waals surface area contributed by atoms with E-state index in [4.69, 9.17) is 0 Å². The molecule has 1 saturated heterocycles. The fourth-order valence-electron chi connectivity index (χ4n) is 2.73. The fraction of sp³-hybridized carbons (Fsp3) is 0.158. The minimum absolute atomic E-state index is 0.0231. The van der Waals surface area contributed by atoms with Gasteiger partial charge in [-0.05, 0) is 73.0 Å². The van der Waals surface area contributed by atoms with Gasteiger partial charge in [0.15, 0.2) is 0 Å². The number of carbonyl (C=O) groups is 2. The van der Waals surface area contributed by atoms with Crippen LogP contribution in [0.1, 0.15) is 23.6 Å². The monoisotopic (exact) mass is 368 g/mol. The molecule has 0 aliphatic carbocycles. The van der Waals surface area contributed by atoms with Crippen molar-refractivity contribution in [2.75, 3.05) is 4.90 Å². The number of hydrogen-bond acceptors (Lipinski definition) is 5. The van der Waals surface area contributed by atoms with E-state index in [1.165, 1.54) is 17.0 Å². The molecule has 132 valence electrons. The highest BCUT2D eigenvalue weighted by atomic mass is 32.2. The Bertz CT molecular complexity index is 964. The molecule has 1 aliphatic rings. The van der Waals surface area contributed by atoms with Crippen molar-refractivity contribution in [1.29, 1.82) is 0 Å². The first-order valence-electron chi connectivity index (χ1n) is 7.89. The second-order valence-corrected chi connectivity index (χ2v) is 7.02. The number of aryl methyl sites for hydroxylation is 2. The Labute approximate surface area is 154 Å². The van der Waals surface area contributed by atoms with Crippen molar-refractivity contribution in [2.24, 2.45) is 0 Å². The number of nitrogens with zero attached hydrogens (tertiary/aromatic N) is 2. The van der Waals surface area contributed by atoms with Crippen LogP contribution in [0.3, 0.4) is 0 Å². The van der Waals surface area contributed by atoms with E-state index in [9.17, 15) is 19.7 Å². The molecule has 0 saturated carbocycles. The predicted octanol–water partition coefficient (Wildman–Crippen LogP) is 4.84. The zero-order chi connectivity index (χ0) is 19.0. The lowest BCUT2D eigenvalue weighted by molar-refractivity contribution is -0.384. The van der Waals surface area contributed by atoms with Crippen LogP contribution in [0.5, 0.6) is 0 Å². The van der Waals surface area contributed by atoms with Crippen LogP contribution in [-0.2, 0) is 4.79 Å². The van der Waals surface area contributed by atoms with Gasteiger partial charge in [0.1, 0.15) is 0 Å². The SMILES string of the molecule is C/C(=C1/SC(=O)N(c2cc(C)ccc2C)C1=O)c1ccc([N+](=O)[O-])cc1. The van der Waals surface area contributed by atoms with E-state index in [1.54, 1.807) is 19.1 Å². The highest BCUT2D eigenvalue weighted by Gasteiger charge is 2.38. The second kappa shape index (κ2) is 6.76. The van der Waals surface area contributed by atoms with Gasteiger partial charge >= 0.3 is 0 Å². The lowest BCUT2D eigenvalue weighted by atomic mass is 10.1. The third kappa shape index (κ3) is 3.13. The van der Waals surface area contributed by atoms with Crippen molar-refractivity contribution in [3.63, 3.8) is 0 Å². The summed E-state index contributed by atoms with van der Waals surface area (Å²) in [6.07, 6.45) is 0. The van der Waals surface area contributed by atoms with Crippen LogP contribution in [0.15, 0.2) is 47.4 Å². The summed E-state index contributed by atoms with van der Waals surface area (Å²) in [6.45, 7) is 5.49. The maximum absolute atomic E-state index is 12.9. The lowest BCUT2D eigenvalue weighted by Crippen LogP contribution is -2.28. The predicted molar refractivity (Wildman–Crippen MR) is 102 cm³/mol. The van der Waals surface area contributed by atoms with Gasteiger partial charge in [0, 0.05) is 12.1 Å². The molecule has 3 rings (SSSR count). The van der Waals surface area contributed by atoms with Crippen molar-refractivity contribution in [3.05, 3.63) is 74.2 Å². The van der Waals surface area contributed by atoms with Crippen LogP contribution < -0.4 is 4.90 Å². The van der Waals surface area contributed by atoms with Crippen LogP contribution in [0, 0.1) is 24.0 Å². The molecule has 2 aromatic carbocycles. The summed E-state index contributed by atoms with van der Waals surface area (Å²) in [5.41, 5.74) is 3.65. The second-order valence-electron chi connectivity index (χ2n) is 6.06. The molecule has 1 fully saturated rings. The van der Waals surface area contributed by atoms with Crippen molar-refractivity contribution < 1.29 is 14.5 Å². The normalized spacial score (nSPS) is 16.2. The topological polar surface area (TPSA) is 80.5 Å². The Hall–Kier alpha value is -2.93. The zero-order valence-electron chi connectivity index (χ0n) is 14.5. The summed E-state index contributed by atoms with van der Waals surface area (Å²) in [5, 5.41) is 10.4. The third-order valence-corrected chi connectivity index (χ3v) is 5.27. The molecule has 0 unspecified atom stereocenters. The van der Waals surface area contributed by atoms with Gasteiger partial charge in [0.25, 0.3) is 16.8 Å². The Morgan fingerprint density at radius 3 is 2.35 bits per heavy atom. The van der Waals surface area contributed by atoms with Crippen LogP contribution in [-0.4, -0.2) is 16.1 Å². The van der Waals surface area contributed by atoms with Crippen LogP contribution in [0.2, 0.25) is 0 Å². The summed E-state index contributed by atoms with van der Waals surface area (Å²) in [7, 11) is 0. The average molecular weight is 368 g/mol. The van der Waals surface area contributed by atoms with Crippen molar-refractivity contribution >= 4 is 39.9 Å². The Balaban J connectivity index is 2.00. The van der Waals surface area contributed by atoms with Gasteiger partial charge in [-0.2, -0.15) is 0 Å². The molecule has 1 aliphatic heterocycles. The molecule has 1 heterocycles. The molecule has 2 amide bonds. The van der Waals surface area contributed by atoms with E-state index in [2.05, 4.69) is 0 Å². The van der Waals surface area contributed by atoms with E-state index in [-0.39, 0.29) is 16.8 Å². The molecule has 0 atom stereocenters. The first kappa shape index (κ1) is 17.9.